The van der Waals surface area contributed by atoms with E-state index in [2.05, 4.69) is 5.32 Å². The van der Waals surface area contributed by atoms with Crippen LogP contribution < -0.4 is 5.32 Å². The van der Waals surface area contributed by atoms with E-state index in [1.165, 1.54) is 4.90 Å². The van der Waals surface area contributed by atoms with E-state index in [1.54, 1.807) is 12.1 Å². The Labute approximate surface area is 155 Å². The van der Waals surface area contributed by atoms with E-state index in [0.717, 1.165) is 34.1 Å². The third kappa shape index (κ3) is 4.06. The third-order valence-corrected chi connectivity index (χ3v) is 5.18. The van der Waals surface area contributed by atoms with Gasteiger partial charge in [0, 0.05) is 10.7 Å². The van der Waals surface area contributed by atoms with Gasteiger partial charge in [-0.05, 0) is 54.9 Å². The monoisotopic (exact) mass is 372 g/mol. The van der Waals surface area contributed by atoms with Gasteiger partial charge in [0.15, 0.2) is 0 Å². The molecular formula is C19H17ClN2O2S. The topological polar surface area (TPSA) is 49.4 Å². The normalized spacial score (nSPS) is 16.0. The van der Waals surface area contributed by atoms with Crippen LogP contribution in [0.2, 0.25) is 5.02 Å². The maximum absolute atomic E-state index is 12.5. The number of benzene rings is 2. The Kier molecular flexibility index (Phi) is 5.16. The van der Waals surface area contributed by atoms with Crippen molar-refractivity contribution in [1.82, 2.24) is 4.90 Å². The van der Waals surface area contributed by atoms with Crippen LogP contribution in [0.5, 0.6) is 0 Å². The summed E-state index contributed by atoms with van der Waals surface area (Å²) < 4.78 is 0. The highest BCUT2D eigenvalue weighted by molar-refractivity contribution is 8.18. The summed E-state index contributed by atoms with van der Waals surface area (Å²) in [5, 5.41) is 3.42. The van der Waals surface area contributed by atoms with Crippen molar-refractivity contribution in [3.63, 3.8) is 0 Å². The van der Waals surface area contributed by atoms with Crippen molar-refractivity contribution in [1.29, 1.82) is 0 Å². The number of carbonyl (C=O) groups excluding carboxylic acids is 2. The minimum absolute atomic E-state index is 0.106. The van der Waals surface area contributed by atoms with Gasteiger partial charge in [-0.25, -0.2) is 0 Å². The summed E-state index contributed by atoms with van der Waals surface area (Å²) in [6.45, 7) is 4.02. The van der Waals surface area contributed by atoms with Gasteiger partial charge >= 0.3 is 0 Å². The number of nitrogens with one attached hydrogen (secondary N) is 1. The number of aryl methyl sites for hydroxylation is 2. The van der Waals surface area contributed by atoms with E-state index in [9.17, 15) is 9.59 Å². The molecule has 2 aromatic rings. The van der Waals surface area contributed by atoms with E-state index >= 15 is 0 Å². The van der Waals surface area contributed by atoms with E-state index in [4.69, 9.17) is 11.6 Å². The van der Waals surface area contributed by atoms with Crippen molar-refractivity contribution in [2.75, 3.05) is 12.0 Å². The highest BCUT2D eigenvalue weighted by Crippen LogP contribution is 2.32. The SMILES string of the molecule is Cc1ccc(/C=C2/SC(=O)N(CNc3ccc(C)c(Cl)c3)C2=O)cc1. The number of amides is 2. The van der Waals surface area contributed by atoms with Gasteiger partial charge in [0.2, 0.25) is 0 Å². The van der Waals surface area contributed by atoms with Gasteiger partial charge in [0.25, 0.3) is 11.1 Å². The molecule has 0 spiro atoms. The number of hydrogen-bond acceptors (Lipinski definition) is 4. The lowest BCUT2D eigenvalue weighted by Gasteiger charge is -2.15. The Balaban J connectivity index is 1.70. The number of carbonyl (C=O) groups is 2. The number of hydrogen-bond donors (Lipinski definition) is 1. The Morgan fingerprint density at radius 1 is 1.12 bits per heavy atom. The van der Waals surface area contributed by atoms with Crippen LogP contribution in [0.4, 0.5) is 10.5 Å². The van der Waals surface area contributed by atoms with Gasteiger partial charge in [-0.3, -0.25) is 14.5 Å². The van der Waals surface area contributed by atoms with Crippen LogP contribution >= 0.6 is 23.4 Å². The molecule has 128 valence electrons. The lowest BCUT2D eigenvalue weighted by molar-refractivity contribution is -0.122. The van der Waals surface area contributed by atoms with Crippen LogP contribution in [0, 0.1) is 13.8 Å². The average molecular weight is 373 g/mol. The van der Waals surface area contributed by atoms with Gasteiger partial charge in [-0.15, -0.1) is 0 Å². The number of thioether (sulfide) groups is 1. The number of rotatable bonds is 4. The molecule has 4 nitrogen and oxygen atoms in total. The molecule has 25 heavy (non-hydrogen) atoms. The summed E-state index contributed by atoms with van der Waals surface area (Å²) in [6, 6.07) is 13.3. The van der Waals surface area contributed by atoms with Gasteiger partial charge in [0.1, 0.15) is 0 Å². The predicted molar refractivity (Wildman–Crippen MR) is 104 cm³/mol. The number of anilines is 1. The molecule has 3 rings (SSSR count). The predicted octanol–water partition coefficient (Wildman–Crippen LogP) is 5.06. The minimum atomic E-state index is -0.290. The minimum Gasteiger partial charge on any atom is -0.367 e. The molecule has 6 heteroatoms. The average Bonchev–Trinajstić information content (AvgIpc) is 2.84. The van der Waals surface area contributed by atoms with Crippen LogP contribution in [0.15, 0.2) is 47.4 Å². The zero-order valence-corrected chi connectivity index (χ0v) is 15.4. The first-order chi connectivity index (χ1) is 11.9. The van der Waals surface area contributed by atoms with Crippen molar-refractivity contribution in [3.8, 4) is 0 Å². The summed E-state index contributed by atoms with van der Waals surface area (Å²) in [5.74, 6) is -0.290. The zero-order valence-electron chi connectivity index (χ0n) is 13.9. The summed E-state index contributed by atoms with van der Waals surface area (Å²) >= 11 is 7.04. The fourth-order valence-electron chi connectivity index (χ4n) is 2.32. The molecule has 0 saturated carbocycles. The van der Waals surface area contributed by atoms with Gasteiger partial charge < -0.3 is 5.32 Å². The fourth-order valence-corrected chi connectivity index (χ4v) is 3.34. The molecular weight excluding hydrogens is 356 g/mol. The molecule has 2 aromatic carbocycles. The van der Waals surface area contributed by atoms with Crippen molar-refractivity contribution in [2.45, 2.75) is 13.8 Å². The molecule has 0 atom stereocenters. The Morgan fingerprint density at radius 3 is 2.52 bits per heavy atom. The number of imide groups is 1. The smallest absolute Gasteiger partial charge is 0.295 e. The zero-order chi connectivity index (χ0) is 18.0. The van der Waals surface area contributed by atoms with E-state index < -0.39 is 0 Å². The highest BCUT2D eigenvalue weighted by atomic mass is 35.5. The van der Waals surface area contributed by atoms with Crippen molar-refractivity contribution in [3.05, 3.63) is 69.1 Å². The first-order valence-corrected chi connectivity index (χ1v) is 8.95. The molecule has 1 aliphatic rings. The van der Waals surface area contributed by atoms with Crippen LogP contribution in [-0.4, -0.2) is 22.7 Å². The van der Waals surface area contributed by atoms with Crippen molar-refractivity contribution in [2.24, 2.45) is 0 Å². The maximum Gasteiger partial charge on any atom is 0.295 e. The van der Waals surface area contributed by atoms with Crippen LogP contribution in [0.25, 0.3) is 6.08 Å². The molecule has 0 bridgehead atoms. The first-order valence-electron chi connectivity index (χ1n) is 7.76. The molecule has 1 heterocycles. The lowest BCUT2D eigenvalue weighted by atomic mass is 10.1. The molecule has 1 fully saturated rings. The largest absolute Gasteiger partial charge is 0.367 e. The van der Waals surface area contributed by atoms with Crippen molar-refractivity contribution < 1.29 is 9.59 Å². The second-order valence-electron chi connectivity index (χ2n) is 5.82. The molecule has 0 aliphatic carbocycles. The second kappa shape index (κ2) is 7.33. The molecule has 0 radical (unpaired) electrons. The van der Waals surface area contributed by atoms with Gasteiger partial charge in [0.05, 0.1) is 11.6 Å². The Hall–Kier alpha value is -2.24. The maximum atomic E-state index is 12.5. The fraction of sp³-hybridized carbons (Fsp3) is 0.158. The summed E-state index contributed by atoms with van der Waals surface area (Å²) in [5.41, 5.74) is 3.78. The highest BCUT2D eigenvalue weighted by Gasteiger charge is 2.34. The third-order valence-electron chi connectivity index (χ3n) is 3.86. The Morgan fingerprint density at radius 2 is 1.84 bits per heavy atom. The number of nitrogens with zero attached hydrogens (tertiary/aromatic N) is 1. The molecule has 1 N–H and O–H groups in total. The molecule has 0 unspecified atom stereocenters. The Bertz CT molecular complexity index is 862. The van der Waals surface area contributed by atoms with Crippen LogP contribution in [0.3, 0.4) is 0 Å². The molecule has 1 saturated heterocycles. The quantitative estimate of drug-likeness (QED) is 0.762. The second-order valence-corrected chi connectivity index (χ2v) is 7.22. The first kappa shape index (κ1) is 17.6. The molecule has 0 aromatic heterocycles. The standard InChI is InChI=1S/C19H17ClN2O2S/c1-12-3-6-14(7-4-12)9-17-18(23)22(19(24)25-17)11-21-15-8-5-13(2)16(20)10-15/h3-10,21H,11H2,1-2H3/b17-9+. The van der Waals surface area contributed by atoms with Gasteiger partial charge in [-0.2, -0.15) is 0 Å². The summed E-state index contributed by atoms with van der Waals surface area (Å²) in [6.07, 6.45) is 1.74. The number of halogens is 1. The van der Waals surface area contributed by atoms with Crippen molar-refractivity contribution >= 4 is 46.3 Å². The lowest BCUT2D eigenvalue weighted by Crippen LogP contribution is -2.33. The van der Waals surface area contributed by atoms with E-state index in [1.807, 2.05) is 50.2 Å². The van der Waals surface area contributed by atoms with Crippen LogP contribution in [0.1, 0.15) is 16.7 Å². The summed E-state index contributed by atoms with van der Waals surface area (Å²) in [7, 11) is 0. The van der Waals surface area contributed by atoms with Gasteiger partial charge in [-0.1, -0.05) is 47.5 Å². The van der Waals surface area contributed by atoms with E-state index in [0.29, 0.717) is 9.93 Å². The summed E-state index contributed by atoms with van der Waals surface area (Å²) in [4.78, 5) is 26.2. The molecule has 1 aliphatic heterocycles. The van der Waals surface area contributed by atoms with E-state index in [-0.39, 0.29) is 17.8 Å². The molecule has 2 amide bonds. The van der Waals surface area contributed by atoms with Crippen LogP contribution in [-0.2, 0) is 4.79 Å².